The lowest BCUT2D eigenvalue weighted by Gasteiger charge is -2.26. The highest BCUT2D eigenvalue weighted by molar-refractivity contribution is 5.69. The van der Waals surface area contributed by atoms with Crippen LogP contribution >= 0.6 is 0 Å². The number of methoxy groups -OCH3 is 1. The second kappa shape index (κ2) is 7.79. The third kappa shape index (κ3) is 5.75. The lowest BCUT2D eigenvalue weighted by atomic mass is 10.1. The number of hydrogen-bond donors (Lipinski definition) is 1. The van der Waals surface area contributed by atoms with E-state index in [1.807, 2.05) is 18.2 Å². The Morgan fingerprint density at radius 3 is 2.74 bits per heavy atom. The van der Waals surface area contributed by atoms with Gasteiger partial charge in [0.2, 0.25) is 0 Å². The maximum Gasteiger partial charge on any atom is 0.305 e. The van der Waals surface area contributed by atoms with Crippen molar-refractivity contribution in [2.24, 2.45) is 0 Å². The van der Waals surface area contributed by atoms with Crippen LogP contribution in [0.4, 0.5) is 5.69 Å². The first kappa shape index (κ1) is 15.5. The van der Waals surface area contributed by atoms with Crippen molar-refractivity contribution in [1.82, 2.24) is 4.90 Å². The van der Waals surface area contributed by atoms with Crippen molar-refractivity contribution in [2.75, 3.05) is 19.4 Å². The van der Waals surface area contributed by atoms with Crippen molar-refractivity contribution in [2.45, 2.75) is 39.3 Å². The number of ether oxygens (including phenoxy) is 1. The molecule has 0 fully saturated rings. The number of carbonyl (C=O) groups is 1. The van der Waals surface area contributed by atoms with Gasteiger partial charge in [0.25, 0.3) is 0 Å². The van der Waals surface area contributed by atoms with Gasteiger partial charge in [-0.25, -0.2) is 0 Å². The Kier molecular flexibility index (Phi) is 6.36. The first-order valence-electron chi connectivity index (χ1n) is 6.68. The Hall–Kier alpha value is -1.55. The van der Waals surface area contributed by atoms with Crippen LogP contribution in [-0.2, 0) is 16.1 Å². The Morgan fingerprint density at radius 2 is 2.16 bits per heavy atom. The highest BCUT2D eigenvalue weighted by Gasteiger charge is 2.11. The molecule has 19 heavy (non-hydrogen) atoms. The molecular weight excluding hydrogens is 240 g/mol. The van der Waals surface area contributed by atoms with E-state index < -0.39 is 0 Å². The zero-order valence-corrected chi connectivity index (χ0v) is 12.1. The van der Waals surface area contributed by atoms with E-state index in [0.29, 0.717) is 12.5 Å². The van der Waals surface area contributed by atoms with Crippen LogP contribution in [0, 0.1) is 0 Å². The van der Waals surface area contributed by atoms with E-state index in [1.54, 1.807) is 0 Å². The van der Waals surface area contributed by atoms with Gasteiger partial charge >= 0.3 is 5.97 Å². The first-order valence-corrected chi connectivity index (χ1v) is 6.68. The van der Waals surface area contributed by atoms with E-state index in [9.17, 15) is 4.79 Å². The monoisotopic (exact) mass is 264 g/mol. The van der Waals surface area contributed by atoms with Gasteiger partial charge in [0, 0.05) is 24.7 Å². The van der Waals surface area contributed by atoms with Crippen molar-refractivity contribution in [3.63, 3.8) is 0 Å². The molecule has 1 aromatic rings. The quantitative estimate of drug-likeness (QED) is 0.607. The number of nitrogen functional groups attached to an aromatic ring is 1. The van der Waals surface area contributed by atoms with Crippen LogP contribution in [-0.4, -0.2) is 30.6 Å². The Balaban J connectivity index is 2.51. The Labute approximate surface area is 115 Å². The van der Waals surface area contributed by atoms with Crippen molar-refractivity contribution < 1.29 is 9.53 Å². The van der Waals surface area contributed by atoms with Gasteiger partial charge in [-0.15, -0.1) is 0 Å². The number of nitrogens with zero attached hydrogens (tertiary/aromatic N) is 1. The van der Waals surface area contributed by atoms with Gasteiger partial charge in [-0.3, -0.25) is 9.69 Å². The average Bonchev–Trinajstić information content (AvgIpc) is 2.37. The number of hydrogen-bond acceptors (Lipinski definition) is 4. The van der Waals surface area contributed by atoms with Crippen molar-refractivity contribution >= 4 is 11.7 Å². The minimum atomic E-state index is -0.146. The van der Waals surface area contributed by atoms with Gasteiger partial charge in [-0.05, 0) is 44.5 Å². The standard InChI is InChI=1S/C15H24N2O2/c1-12(2)17(9-5-8-15(18)19-3)11-13-6-4-7-14(16)10-13/h4,6-7,10,12H,5,8-9,11,16H2,1-3H3. The third-order valence-electron chi connectivity index (χ3n) is 3.12. The molecule has 0 aromatic heterocycles. The number of benzene rings is 1. The molecule has 0 unspecified atom stereocenters. The number of nitrogens with two attached hydrogens (primary N) is 1. The molecule has 0 heterocycles. The Bertz CT molecular complexity index is 405. The van der Waals surface area contributed by atoms with Gasteiger partial charge in [-0.2, -0.15) is 0 Å². The van der Waals surface area contributed by atoms with E-state index >= 15 is 0 Å². The largest absolute Gasteiger partial charge is 0.469 e. The highest BCUT2D eigenvalue weighted by Crippen LogP contribution is 2.12. The Morgan fingerprint density at radius 1 is 1.42 bits per heavy atom. The summed E-state index contributed by atoms with van der Waals surface area (Å²) in [7, 11) is 1.43. The van der Waals surface area contributed by atoms with E-state index in [0.717, 1.165) is 25.2 Å². The fourth-order valence-corrected chi connectivity index (χ4v) is 1.97. The summed E-state index contributed by atoms with van der Waals surface area (Å²) in [4.78, 5) is 13.4. The molecule has 0 radical (unpaired) electrons. The third-order valence-corrected chi connectivity index (χ3v) is 3.12. The molecule has 4 nitrogen and oxygen atoms in total. The average molecular weight is 264 g/mol. The van der Waals surface area contributed by atoms with Gasteiger partial charge in [0.05, 0.1) is 7.11 Å². The summed E-state index contributed by atoms with van der Waals surface area (Å²) in [6.07, 6.45) is 1.28. The topological polar surface area (TPSA) is 55.6 Å². The van der Waals surface area contributed by atoms with Crippen LogP contribution < -0.4 is 5.73 Å². The summed E-state index contributed by atoms with van der Waals surface area (Å²) < 4.78 is 4.65. The smallest absolute Gasteiger partial charge is 0.305 e. The van der Waals surface area contributed by atoms with Crippen LogP contribution in [0.2, 0.25) is 0 Å². The molecule has 0 aliphatic carbocycles. The minimum absolute atomic E-state index is 0.146. The van der Waals surface area contributed by atoms with E-state index in [4.69, 9.17) is 5.73 Å². The fraction of sp³-hybridized carbons (Fsp3) is 0.533. The zero-order chi connectivity index (χ0) is 14.3. The van der Waals surface area contributed by atoms with E-state index in [-0.39, 0.29) is 5.97 Å². The predicted octanol–water partition coefficient (Wildman–Crippen LogP) is 2.43. The van der Waals surface area contributed by atoms with Gasteiger partial charge in [0.15, 0.2) is 0 Å². The summed E-state index contributed by atoms with van der Waals surface area (Å²) in [5.41, 5.74) is 7.78. The molecule has 0 aliphatic rings. The molecule has 0 atom stereocenters. The molecular formula is C15H24N2O2. The molecule has 0 amide bonds. The SMILES string of the molecule is COC(=O)CCCN(Cc1cccc(N)c1)C(C)C. The lowest BCUT2D eigenvalue weighted by molar-refractivity contribution is -0.140. The molecule has 0 bridgehead atoms. The van der Waals surface area contributed by atoms with Crippen molar-refractivity contribution in [1.29, 1.82) is 0 Å². The second-order valence-corrected chi connectivity index (χ2v) is 4.99. The first-order chi connectivity index (χ1) is 9.02. The predicted molar refractivity (Wildman–Crippen MR) is 77.7 cm³/mol. The number of rotatable bonds is 7. The van der Waals surface area contributed by atoms with Crippen molar-refractivity contribution in [3.8, 4) is 0 Å². The van der Waals surface area contributed by atoms with E-state index in [2.05, 4.69) is 29.6 Å². The summed E-state index contributed by atoms with van der Waals surface area (Å²) in [6, 6.07) is 8.36. The zero-order valence-electron chi connectivity index (χ0n) is 12.1. The number of carbonyl (C=O) groups excluding carboxylic acids is 1. The normalized spacial score (nSPS) is 11.0. The van der Waals surface area contributed by atoms with Gasteiger partial charge in [0.1, 0.15) is 0 Å². The fourth-order valence-electron chi connectivity index (χ4n) is 1.97. The van der Waals surface area contributed by atoms with Crippen molar-refractivity contribution in [3.05, 3.63) is 29.8 Å². The maximum atomic E-state index is 11.1. The summed E-state index contributed by atoms with van der Waals surface area (Å²) >= 11 is 0. The summed E-state index contributed by atoms with van der Waals surface area (Å²) in [5.74, 6) is -0.146. The number of esters is 1. The molecule has 0 aliphatic heterocycles. The molecule has 0 spiro atoms. The van der Waals surface area contributed by atoms with Crippen LogP contribution in [0.25, 0.3) is 0 Å². The van der Waals surface area contributed by atoms with Gasteiger partial charge < -0.3 is 10.5 Å². The second-order valence-electron chi connectivity index (χ2n) is 4.99. The summed E-state index contributed by atoms with van der Waals surface area (Å²) in [5, 5.41) is 0. The van der Waals surface area contributed by atoms with E-state index in [1.165, 1.54) is 12.7 Å². The molecule has 1 rings (SSSR count). The van der Waals surface area contributed by atoms with Crippen LogP contribution in [0.1, 0.15) is 32.3 Å². The molecule has 0 saturated heterocycles. The van der Waals surface area contributed by atoms with Crippen LogP contribution in [0.5, 0.6) is 0 Å². The van der Waals surface area contributed by atoms with Gasteiger partial charge in [-0.1, -0.05) is 12.1 Å². The van der Waals surface area contributed by atoms with Crippen LogP contribution in [0.15, 0.2) is 24.3 Å². The molecule has 1 aromatic carbocycles. The maximum absolute atomic E-state index is 11.1. The summed E-state index contributed by atoms with van der Waals surface area (Å²) in [6.45, 7) is 6.04. The highest BCUT2D eigenvalue weighted by atomic mass is 16.5. The molecule has 2 N–H and O–H groups in total. The van der Waals surface area contributed by atoms with Crippen LogP contribution in [0.3, 0.4) is 0 Å². The number of anilines is 1. The lowest BCUT2D eigenvalue weighted by Crippen LogP contribution is -2.31. The molecule has 0 saturated carbocycles. The molecule has 106 valence electrons. The molecule has 4 heteroatoms. The minimum Gasteiger partial charge on any atom is -0.469 e.